The third kappa shape index (κ3) is 14.4. The lowest BCUT2D eigenvalue weighted by Crippen LogP contribution is -2.16. The monoisotopic (exact) mass is 502 g/mol. The Balaban J connectivity index is 0.000000298. The van der Waals surface area contributed by atoms with E-state index >= 15 is 0 Å². The summed E-state index contributed by atoms with van der Waals surface area (Å²) in [6.07, 6.45) is 16.2. The second-order valence-electron chi connectivity index (χ2n) is 11.5. The van der Waals surface area contributed by atoms with Crippen molar-refractivity contribution in [2.24, 2.45) is 11.8 Å². The first-order valence-electron chi connectivity index (χ1n) is 15.2. The van der Waals surface area contributed by atoms with Gasteiger partial charge < -0.3 is 0 Å². The van der Waals surface area contributed by atoms with Gasteiger partial charge >= 0.3 is 0 Å². The molecular weight excluding hydrogens is 444 g/mol. The van der Waals surface area contributed by atoms with E-state index in [4.69, 9.17) is 0 Å². The van der Waals surface area contributed by atoms with Gasteiger partial charge in [-0.3, -0.25) is 0 Å². The first-order valence-corrected chi connectivity index (χ1v) is 15.2. The molecule has 0 aliphatic heterocycles. The Labute approximate surface area is 231 Å². The summed E-state index contributed by atoms with van der Waals surface area (Å²) in [7, 11) is 0. The smallest absolute Gasteiger partial charge is 0.00637 e. The van der Waals surface area contributed by atoms with Crippen LogP contribution < -0.4 is 0 Å². The minimum Gasteiger partial charge on any atom is -0.100 e. The fraction of sp³-hybridized carbons (Fsp3) is 0.568. The summed E-state index contributed by atoms with van der Waals surface area (Å²) in [6, 6.07) is 19.6. The van der Waals surface area contributed by atoms with Gasteiger partial charge in [-0.05, 0) is 68.1 Å². The number of aryl methyl sites for hydroxylation is 1. The molecule has 2 aromatic carbocycles. The third-order valence-corrected chi connectivity index (χ3v) is 7.77. The summed E-state index contributed by atoms with van der Waals surface area (Å²) >= 11 is 0. The minimum atomic E-state index is 0.485. The molecule has 1 aliphatic rings. The lowest BCUT2D eigenvalue weighted by molar-refractivity contribution is 0.237. The Kier molecular flexibility index (Phi) is 17.8. The molecule has 0 N–H and O–H groups in total. The van der Waals surface area contributed by atoms with Crippen LogP contribution in [-0.4, -0.2) is 0 Å². The number of hydrogen-bond donors (Lipinski definition) is 0. The summed E-state index contributed by atoms with van der Waals surface area (Å²) in [5, 5.41) is 0. The molecule has 37 heavy (non-hydrogen) atoms. The van der Waals surface area contributed by atoms with E-state index in [1.54, 1.807) is 0 Å². The molecule has 0 heterocycles. The van der Waals surface area contributed by atoms with Crippen LogP contribution in [0.2, 0.25) is 0 Å². The molecule has 1 fully saturated rings. The Hall–Kier alpha value is -2.08. The number of unbranched alkanes of at least 4 members (excludes halogenated alkanes) is 1. The molecule has 0 amide bonds. The van der Waals surface area contributed by atoms with Crippen LogP contribution in [0.4, 0.5) is 0 Å². The topological polar surface area (TPSA) is 0 Å². The molecule has 0 saturated heterocycles. The van der Waals surface area contributed by atoms with Gasteiger partial charge in [0.1, 0.15) is 0 Å². The molecule has 3 atom stereocenters. The molecule has 3 rings (SSSR count). The van der Waals surface area contributed by atoms with Crippen molar-refractivity contribution < 1.29 is 0 Å². The molecule has 206 valence electrons. The molecule has 0 bridgehead atoms. The maximum Gasteiger partial charge on any atom is 0.00637 e. The standard InChI is InChI=1S/C17H20.C11H22.C9H16/c1-3-9-16-12-7-8-13-17(16)14(2)15-10-5-4-6-11-15;1-3-4-8-11-9-6-5-7-10(11)2;1-8(2)6-5-7-9(3)4/h4-8,10-14H,3,9H2,1-2H3;10-11H,3-9H2,1-2H3;1,3,5-7H2,2,4H3/t14-;;/m1../s1. The van der Waals surface area contributed by atoms with Crippen LogP contribution in [-0.2, 0) is 6.42 Å². The first kappa shape index (κ1) is 32.9. The predicted molar refractivity (Wildman–Crippen MR) is 169 cm³/mol. The number of benzene rings is 2. The van der Waals surface area contributed by atoms with Gasteiger partial charge in [0.05, 0.1) is 0 Å². The summed E-state index contributed by atoms with van der Waals surface area (Å²) < 4.78 is 0. The molecule has 0 radical (unpaired) electrons. The Morgan fingerprint density at radius 3 is 1.97 bits per heavy atom. The van der Waals surface area contributed by atoms with E-state index < -0.39 is 0 Å². The Morgan fingerprint density at radius 2 is 1.41 bits per heavy atom. The zero-order valence-corrected chi connectivity index (χ0v) is 25.3. The highest BCUT2D eigenvalue weighted by molar-refractivity contribution is 5.37. The molecule has 0 aromatic heterocycles. The van der Waals surface area contributed by atoms with E-state index in [9.17, 15) is 0 Å². The minimum absolute atomic E-state index is 0.485. The van der Waals surface area contributed by atoms with Gasteiger partial charge in [-0.1, -0.05) is 145 Å². The average molecular weight is 503 g/mol. The van der Waals surface area contributed by atoms with Crippen molar-refractivity contribution >= 4 is 0 Å². The average Bonchev–Trinajstić information content (AvgIpc) is 2.89. The summed E-state index contributed by atoms with van der Waals surface area (Å²) in [5.74, 6) is 2.58. The van der Waals surface area contributed by atoms with Gasteiger partial charge in [-0.25, -0.2) is 0 Å². The Bertz CT molecular complexity index is 845. The highest BCUT2D eigenvalue weighted by atomic mass is 14.3. The molecule has 1 saturated carbocycles. The first-order chi connectivity index (χ1) is 17.8. The SMILES string of the molecule is C=C(C)CCCC(=C)C.CCCCC1CCCCC1C.CCCc1ccccc1[C@H](C)c1ccccc1. The van der Waals surface area contributed by atoms with Gasteiger partial charge in [-0.15, -0.1) is 13.2 Å². The van der Waals surface area contributed by atoms with Crippen molar-refractivity contribution in [1.82, 2.24) is 0 Å². The van der Waals surface area contributed by atoms with Crippen LogP contribution in [0.3, 0.4) is 0 Å². The highest BCUT2D eigenvalue weighted by Crippen LogP contribution is 2.32. The predicted octanol–water partition coefficient (Wildman–Crippen LogP) is 12.1. The van der Waals surface area contributed by atoms with Crippen LogP contribution in [0.1, 0.15) is 135 Å². The van der Waals surface area contributed by atoms with E-state index in [2.05, 4.69) is 109 Å². The second-order valence-corrected chi connectivity index (χ2v) is 11.5. The second kappa shape index (κ2) is 20.0. The summed E-state index contributed by atoms with van der Waals surface area (Å²) in [4.78, 5) is 0. The van der Waals surface area contributed by atoms with Gasteiger partial charge in [-0.2, -0.15) is 0 Å². The van der Waals surface area contributed by atoms with Crippen molar-refractivity contribution in [3.05, 3.63) is 95.6 Å². The van der Waals surface area contributed by atoms with Gasteiger partial charge in [0.25, 0.3) is 0 Å². The highest BCUT2D eigenvalue weighted by Gasteiger charge is 2.19. The van der Waals surface area contributed by atoms with Crippen molar-refractivity contribution in [3.8, 4) is 0 Å². The number of allylic oxidation sites excluding steroid dienone is 2. The van der Waals surface area contributed by atoms with Gasteiger partial charge in [0.15, 0.2) is 0 Å². The third-order valence-electron chi connectivity index (χ3n) is 7.77. The molecule has 2 aromatic rings. The number of rotatable bonds is 11. The van der Waals surface area contributed by atoms with Crippen LogP contribution in [0.25, 0.3) is 0 Å². The van der Waals surface area contributed by atoms with Gasteiger partial charge in [0, 0.05) is 5.92 Å². The van der Waals surface area contributed by atoms with E-state index in [-0.39, 0.29) is 0 Å². The number of hydrogen-bond acceptors (Lipinski definition) is 0. The molecular formula is C37H58. The lowest BCUT2D eigenvalue weighted by atomic mass is 9.78. The van der Waals surface area contributed by atoms with Crippen molar-refractivity contribution in [2.45, 2.75) is 125 Å². The maximum absolute atomic E-state index is 3.82. The van der Waals surface area contributed by atoms with Crippen LogP contribution in [0.5, 0.6) is 0 Å². The van der Waals surface area contributed by atoms with Crippen LogP contribution in [0, 0.1) is 11.8 Å². The maximum atomic E-state index is 3.82. The van der Waals surface area contributed by atoms with Crippen molar-refractivity contribution in [2.75, 3.05) is 0 Å². The van der Waals surface area contributed by atoms with E-state index in [1.807, 2.05) is 0 Å². The Morgan fingerprint density at radius 1 is 0.811 bits per heavy atom. The summed E-state index contributed by atoms with van der Waals surface area (Å²) in [5.41, 5.74) is 6.91. The van der Waals surface area contributed by atoms with E-state index in [0.717, 1.165) is 24.7 Å². The van der Waals surface area contributed by atoms with Crippen LogP contribution >= 0.6 is 0 Å². The normalized spacial score (nSPS) is 17.5. The van der Waals surface area contributed by atoms with Crippen molar-refractivity contribution in [1.29, 1.82) is 0 Å². The largest absolute Gasteiger partial charge is 0.100 e. The molecule has 2 unspecified atom stereocenters. The molecule has 0 spiro atoms. The van der Waals surface area contributed by atoms with E-state index in [0.29, 0.717) is 5.92 Å². The summed E-state index contributed by atoms with van der Waals surface area (Å²) in [6.45, 7) is 21.1. The zero-order valence-electron chi connectivity index (χ0n) is 25.3. The fourth-order valence-corrected chi connectivity index (χ4v) is 5.36. The molecule has 0 nitrogen and oxygen atoms in total. The quantitative estimate of drug-likeness (QED) is 0.268. The molecule has 0 heteroatoms. The fourth-order valence-electron chi connectivity index (χ4n) is 5.36. The lowest BCUT2D eigenvalue weighted by Gasteiger charge is -2.28. The molecule has 1 aliphatic carbocycles. The van der Waals surface area contributed by atoms with E-state index in [1.165, 1.54) is 92.0 Å². The van der Waals surface area contributed by atoms with Crippen LogP contribution in [0.15, 0.2) is 78.9 Å². The van der Waals surface area contributed by atoms with Crippen molar-refractivity contribution in [3.63, 3.8) is 0 Å². The zero-order chi connectivity index (χ0) is 27.5. The van der Waals surface area contributed by atoms with Gasteiger partial charge in [0.2, 0.25) is 0 Å².